The van der Waals surface area contributed by atoms with Crippen molar-refractivity contribution in [2.24, 2.45) is 0 Å². The van der Waals surface area contributed by atoms with Crippen molar-refractivity contribution >= 4 is 30.0 Å². The van der Waals surface area contributed by atoms with Crippen molar-refractivity contribution in [1.29, 1.82) is 0 Å². The third kappa shape index (κ3) is 718. The molecule has 0 bridgehead atoms. The van der Waals surface area contributed by atoms with E-state index in [1.54, 1.807) is 6.92 Å². The summed E-state index contributed by atoms with van der Waals surface area (Å²) in [7, 11) is 0. The van der Waals surface area contributed by atoms with Crippen LogP contribution in [0.15, 0.2) is 0 Å². The molecule has 0 saturated heterocycles. The Balaban J connectivity index is 0. The lowest BCUT2D eigenvalue weighted by molar-refractivity contribution is -0.0979. The second-order valence-electron chi connectivity index (χ2n) is 0.519. The van der Waals surface area contributed by atoms with Gasteiger partial charge in [0, 0.05) is 0 Å². The van der Waals surface area contributed by atoms with Gasteiger partial charge in [0.25, 0.3) is 0 Å². The largest absolute Gasteiger partial charge is 0.307 e. The first-order chi connectivity index (χ1) is 2.73. The van der Waals surface area contributed by atoms with Gasteiger partial charge >= 0.3 is 0 Å². The van der Waals surface area contributed by atoms with Crippen LogP contribution >= 0.6 is 23.2 Å². The Labute approximate surface area is 47.2 Å². The summed E-state index contributed by atoms with van der Waals surface area (Å²) in [6.45, 7) is 3.70. The molecule has 0 N–H and O–H groups in total. The lowest BCUT2D eigenvalue weighted by Gasteiger charge is -1.72. The third-order valence-electron chi connectivity index (χ3n) is 0. The number of rotatable bonds is 0. The fraction of sp³-hybridized carbons (Fsp3) is 0.667. The minimum absolute atomic E-state index is 0.222. The van der Waals surface area contributed by atoms with E-state index in [0.29, 0.717) is 0 Å². The van der Waals surface area contributed by atoms with Crippen LogP contribution in [0.5, 0.6) is 0 Å². The van der Waals surface area contributed by atoms with Crippen molar-refractivity contribution in [2.75, 3.05) is 0 Å². The van der Waals surface area contributed by atoms with E-state index in [1.807, 2.05) is 6.79 Å². The normalized spacial score (nSPS) is 6.67. The number of hydrogen-bond acceptors (Lipinski definition) is 1. The average molecular weight is 129 g/mol. The minimum atomic E-state index is -0.222. The molecule has 0 spiro atoms. The highest BCUT2D eigenvalue weighted by Crippen LogP contribution is 1.95. The summed E-state index contributed by atoms with van der Waals surface area (Å²) in [5, 5.41) is 0. The van der Waals surface area contributed by atoms with Crippen molar-refractivity contribution in [3.05, 3.63) is 0 Å². The molecule has 3 heteroatoms. The summed E-state index contributed by atoms with van der Waals surface area (Å²) >= 11 is 10.1. The van der Waals surface area contributed by atoms with Gasteiger partial charge < -0.3 is 4.79 Å². The van der Waals surface area contributed by atoms with E-state index in [1.165, 1.54) is 0 Å². The highest BCUT2D eigenvalue weighted by atomic mass is 35.5. The molecule has 0 saturated carbocycles. The second-order valence-corrected chi connectivity index (χ2v) is 2.05. The fourth-order valence-electron chi connectivity index (χ4n) is 0. The Hall–Kier alpha value is 0.250. The number of carbonyl (C=O) groups excluding carboxylic acids is 1. The Bertz CT molecular complexity index is 20.0. The number of carbonyl (C=O) groups is 1. The summed E-state index contributed by atoms with van der Waals surface area (Å²) in [6, 6.07) is 0. The Morgan fingerprint density at radius 3 is 1.50 bits per heavy atom. The molecule has 0 amide bonds. The van der Waals surface area contributed by atoms with E-state index in [-0.39, 0.29) is 4.84 Å². The molecule has 0 aliphatic rings. The van der Waals surface area contributed by atoms with Gasteiger partial charge in [-0.05, 0) is 6.92 Å². The summed E-state index contributed by atoms with van der Waals surface area (Å²) in [4.78, 5) is 7.78. The summed E-state index contributed by atoms with van der Waals surface area (Å²) in [6.07, 6.45) is 0. The highest BCUT2D eigenvalue weighted by Gasteiger charge is 1.75. The van der Waals surface area contributed by atoms with Gasteiger partial charge in [-0.15, -0.1) is 23.2 Å². The third-order valence-corrected chi connectivity index (χ3v) is 0. The molecule has 0 heterocycles. The zero-order valence-electron chi connectivity index (χ0n) is 3.45. The number of hydrogen-bond donors (Lipinski definition) is 0. The van der Waals surface area contributed by atoms with Crippen molar-refractivity contribution < 1.29 is 4.79 Å². The first kappa shape index (κ1) is 9.54. The zero-order chi connectivity index (χ0) is 5.58. The van der Waals surface area contributed by atoms with Crippen LogP contribution < -0.4 is 0 Å². The molecule has 0 aromatic heterocycles. The van der Waals surface area contributed by atoms with Gasteiger partial charge in [0.2, 0.25) is 0 Å². The number of halogens is 2. The van der Waals surface area contributed by atoms with Crippen LogP contribution in [0.3, 0.4) is 0 Å². The smallest absolute Gasteiger partial charge is 0.106 e. The Morgan fingerprint density at radius 1 is 1.50 bits per heavy atom. The standard InChI is InChI=1S/C2H4Cl2.CH2O/c1-2(3)4;1-2/h2H,1H3;1H2. The maximum absolute atomic E-state index is 8.00. The molecule has 0 radical (unpaired) electrons. The van der Waals surface area contributed by atoms with Crippen LogP contribution in [0.25, 0.3) is 0 Å². The topological polar surface area (TPSA) is 17.1 Å². The summed E-state index contributed by atoms with van der Waals surface area (Å²) in [5.41, 5.74) is 0. The van der Waals surface area contributed by atoms with Crippen molar-refractivity contribution in [1.82, 2.24) is 0 Å². The first-order valence-corrected chi connectivity index (χ1v) is 2.18. The Kier molecular flexibility index (Phi) is 14.3. The maximum Gasteiger partial charge on any atom is 0.106 e. The Morgan fingerprint density at radius 2 is 1.50 bits per heavy atom. The van der Waals surface area contributed by atoms with Gasteiger partial charge in [0.1, 0.15) is 11.6 Å². The molecule has 0 aromatic rings. The maximum atomic E-state index is 8.00. The first-order valence-electron chi connectivity index (χ1n) is 1.30. The molecular weight excluding hydrogens is 123 g/mol. The van der Waals surface area contributed by atoms with Gasteiger partial charge in [-0.25, -0.2) is 0 Å². The number of alkyl halides is 2. The van der Waals surface area contributed by atoms with E-state index >= 15 is 0 Å². The SMILES string of the molecule is C=O.CC(Cl)Cl. The molecule has 0 fully saturated rings. The van der Waals surface area contributed by atoms with Crippen LogP contribution in [0, 0.1) is 0 Å². The highest BCUT2D eigenvalue weighted by molar-refractivity contribution is 6.43. The van der Waals surface area contributed by atoms with Crippen molar-refractivity contribution in [2.45, 2.75) is 11.8 Å². The molecule has 0 rings (SSSR count). The van der Waals surface area contributed by atoms with Crippen LogP contribution in [0.1, 0.15) is 6.92 Å². The zero-order valence-corrected chi connectivity index (χ0v) is 4.96. The molecule has 0 aliphatic heterocycles. The molecule has 0 atom stereocenters. The van der Waals surface area contributed by atoms with E-state index < -0.39 is 0 Å². The molecule has 38 valence electrons. The minimum Gasteiger partial charge on any atom is -0.307 e. The molecule has 6 heavy (non-hydrogen) atoms. The average Bonchev–Trinajstić information content (AvgIpc) is 1.41. The molecular formula is C3H6Cl2O. The fourth-order valence-corrected chi connectivity index (χ4v) is 0. The lowest BCUT2D eigenvalue weighted by atomic mass is 11.0. The predicted molar refractivity (Wildman–Crippen MR) is 28.3 cm³/mol. The lowest BCUT2D eigenvalue weighted by Crippen LogP contribution is -1.63. The molecule has 1 nitrogen and oxygen atoms in total. The van der Waals surface area contributed by atoms with Gasteiger partial charge in [0.05, 0.1) is 0 Å². The van der Waals surface area contributed by atoms with Crippen LogP contribution in [0.2, 0.25) is 0 Å². The monoisotopic (exact) mass is 128 g/mol. The van der Waals surface area contributed by atoms with Gasteiger partial charge in [-0.1, -0.05) is 0 Å². The van der Waals surface area contributed by atoms with Crippen LogP contribution in [-0.4, -0.2) is 11.6 Å². The van der Waals surface area contributed by atoms with E-state index in [2.05, 4.69) is 0 Å². The van der Waals surface area contributed by atoms with Crippen LogP contribution in [0.4, 0.5) is 0 Å². The van der Waals surface area contributed by atoms with Gasteiger partial charge in [-0.3, -0.25) is 0 Å². The van der Waals surface area contributed by atoms with Crippen molar-refractivity contribution in [3.8, 4) is 0 Å². The molecule has 0 aromatic carbocycles. The van der Waals surface area contributed by atoms with Gasteiger partial charge in [0.15, 0.2) is 0 Å². The second kappa shape index (κ2) is 8.98. The predicted octanol–water partition coefficient (Wildman–Crippen LogP) is 1.63. The van der Waals surface area contributed by atoms with E-state index in [9.17, 15) is 0 Å². The molecule has 0 unspecified atom stereocenters. The quantitative estimate of drug-likeness (QED) is 0.454. The van der Waals surface area contributed by atoms with E-state index in [0.717, 1.165) is 0 Å². The van der Waals surface area contributed by atoms with Gasteiger partial charge in [-0.2, -0.15) is 0 Å². The van der Waals surface area contributed by atoms with E-state index in [4.69, 9.17) is 28.0 Å². The van der Waals surface area contributed by atoms with Crippen LogP contribution in [-0.2, 0) is 4.79 Å². The summed E-state index contributed by atoms with van der Waals surface area (Å²) in [5.74, 6) is 0. The molecule has 0 aliphatic carbocycles. The summed E-state index contributed by atoms with van der Waals surface area (Å²) < 4.78 is 0. The van der Waals surface area contributed by atoms with Crippen molar-refractivity contribution in [3.63, 3.8) is 0 Å².